The van der Waals surface area contributed by atoms with E-state index >= 15 is 0 Å². The van der Waals surface area contributed by atoms with E-state index < -0.39 is 23.7 Å². The van der Waals surface area contributed by atoms with Crippen molar-refractivity contribution in [3.63, 3.8) is 0 Å². The van der Waals surface area contributed by atoms with Crippen LogP contribution in [0.1, 0.15) is 36.9 Å². The minimum atomic E-state index is -1.05. The van der Waals surface area contributed by atoms with Gasteiger partial charge in [-0.2, -0.15) is 0 Å². The largest absolute Gasteiger partial charge is 0.368 e. The van der Waals surface area contributed by atoms with Gasteiger partial charge in [0.1, 0.15) is 11.9 Å². The van der Waals surface area contributed by atoms with Crippen LogP contribution >= 0.6 is 0 Å². The summed E-state index contributed by atoms with van der Waals surface area (Å²) in [6, 6.07) is 14.2. The number of carbonyl (C=O) groups is 3. The van der Waals surface area contributed by atoms with Crippen molar-refractivity contribution in [2.45, 2.75) is 38.3 Å². The number of carbonyl (C=O) groups excluding carboxylic acids is 3. The summed E-state index contributed by atoms with van der Waals surface area (Å²) in [6.45, 7) is 1.85. The third-order valence-corrected chi connectivity index (χ3v) is 4.32. The molecule has 3 amide bonds. The summed E-state index contributed by atoms with van der Waals surface area (Å²) in [4.78, 5) is 35.8. The first kappa shape index (κ1) is 21.1. The van der Waals surface area contributed by atoms with Crippen molar-refractivity contribution in [3.05, 3.63) is 71.5 Å². The van der Waals surface area contributed by atoms with Crippen LogP contribution in [0.25, 0.3) is 0 Å². The monoisotopic (exact) mass is 385 g/mol. The van der Waals surface area contributed by atoms with Crippen LogP contribution in [0.2, 0.25) is 0 Å². The molecule has 2 aromatic rings. The van der Waals surface area contributed by atoms with Crippen molar-refractivity contribution < 1.29 is 18.8 Å². The Morgan fingerprint density at radius 2 is 1.50 bits per heavy atom. The molecule has 2 rings (SSSR count). The zero-order valence-corrected chi connectivity index (χ0v) is 15.7. The lowest BCUT2D eigenvalue weighted by Crippen LogP contribution is -2.46. The maximum absolute atomic E-state index is 13.7. The van der Waals surface area contributed by atoms with Gasteiger partial charge in [0.2, 0.25) is 17.7 Å². The van der Waals surface area contributed by atoms with Crippen molar-refractivity contribution >= 4 is 17.7 Å². The Morgan fingerprint density at radius 1 is 0.929 bits per heavy atom. The van der Waals surface area contributed by atoms with E-state index in [2.05, 4.69) is 10.6 Å². The average molecular weight is 385 g/mol. The number of nitrogens with one attached hydrogen (secondary N) is 2. The van der Waals surface area contributed by atoms with Gasteiger partial charge in [0, 0.05) is 19.3 Å². The number of rotatable bonds is 9. The maximum atomic E-state index is 13.7. The first-order valence-electron chi connectivity index (χ1n) is 9.03. The van der Waals surface area contributed by atoms with Gasteiger partial charge in [-0.05, 0) is 24.1 Å². The molecule has 0 fully saturated rings. The van der Waals surface area contributed by atoms with Gasteiger partial charge >= 0.3 is 0 Å². The average Bonchev–Trinajstić information content (AvgIpc) is 2.68. The molecule has 148 valence electrons. The van der Waals surface area contributed by atoms with Crippen molar-refractivity contribution in [1.82, 2.24) is 10.6 Å². The Hall–Kier alpha value is -3.22. The summed E-state index contributed by atoms with van der Waals surface area (Å²) >= 11 is 0. The van der Waals surface area contributed by atoms with Crippen LogP contribution in [0.15, 0.2) is 54.6 Å². The fraction of sp³-hybridized carbons (Fsp3) is 0.286. The Bertz CT molecular complexity index is 827. The van der Waals surface area contributed by atoms with Gasteiger partial charge in [-0.1, -0.05) is 48.5 Å². The zero-order valence-electron chi connectivity index (χ0n) is 15.7. The topological polar surface area (TPSA) is 101 Å². The van der Waals surface area contributed by atoms with Crippen molar-refractivity contribution in [2.75, 3.05) is 0 Å². The van der Waals surface area contributed by atoms with Crippen molar-refractivity contribution in [2.24, 2.45) is 5.73 Å². The van der Waals surface area contributed by atoms with E-state index in [0.717, 1.165) is 5.56 Å². The summed E-state index contributed by atoms with van der Waals surface area (Å²) in [5.41, 5.74) is 6.55. The Balaban J connectivity index is 1.83. The van der Waals surface area contributed by atoms with Gasteiger partial charge in [0.25, 0.3) is 0 Å². The zero-order chi connectivity index (χ0) is 20.5. The van der Waals surface area contributed by atoms with Gasteiger partial charge in [-0.15, -0.1) is 0 Å². The van der Waals surface area contributed by atoms with Gasteiger partial charge in [-0.3, -0.25) is 14.4 Å². The fourth-order valence-corrected chi connectivity index (χ4v) is 2.74. The predicted molar refractivity (Wildman–Crippen MR) is 103 cm³/mol. The molecule has 0 saturated carbocycles. The molecule has 0 saturated heterocycles. The highest BCUT2D eigenvalue weighted by Crippen LogP contribution is 2.12. The molecule has 0 unspecified atom stereocenters. The van der Waals surface area contributed by atoms with Crippen LogP contribution < -0.4 is 16.4 Å². The summed E-state index contributed by atoms with van der Waals surface area (Å²) < 4.78 is 13.7. The number of benzene rings is 2. The lowest BCUT2D eigenvalue weighted by molar-refractivity contribution is -0.129. The van der Waals surface area contributed by atoms with Crippen LogP contribution in [0.4, 0.5) is 4.39 Å². The van der Waals surface area contributed by atoms with E-state index in [9.17, 15) is 18.8 Å². The number of nitrogens with two attached hydrogens (primary N) is 1. The SMILES string of the molecule is C[C@@H](NC(=O)CCC(=O)N[C@@H](Cc1ccccc1F)C(N)=O)c1ccccc1. The smallest absolute Gasteiger partial charge is 0.240 e. The molecule has 2 atom stereocenters. The Kier molecular flexibility index (Phi) is 7.68. The predicted octanol–water partition coefficient (Wildman–Crippen LogP) is 2.00. The van der Waals surface area contributed by atoms with E-state index in [1.165, 1.54) is 18.2 Å². The first-order chi connectivity index (χ1) is 13.4. The van der Waals surface area contributed by atoms with E-state index in [1.54, 1.807) is 6.07 Å². The molecular weight excluding hydrogens is 361 g/mol. The second-order valence-corrected chi connectivity index (χ2v) is 6.52. The van der Waals surface area contributed by atoms with Crippen LogP contribution in [0, 0.1) is 5.82 Å². The fourth-order valence-electron chi connectivity index (χ4n) is 2.74. The van der Waals surface area contributed by atoms with E-state index in [0.29, 0.717) is 0 Å². The second kappa shape index (κ2) is 10.2. The number of halogens is 1. The van der Waals surface area contributed by atoms with Gasteiger partial charge in [-0.25, -0.2) is 4.39 Å². The number of hydrogen-bond acceptors (Lipinski definition) is 3. The molecule has 0 radical (unpaired) electrons. The molecule has 0 aliphatic carbocycles. The molecule has 0 heterocycles. The molecular formula is C21H24FN3O3. The highest BCUT2D eigenvalue weighted by Gasteiger charge is 2.20. The lowest BCUT2D eigenvalue weighted by Gasteiger charge is -2.17. The highest BCUT2D eigenvalue weighted by molar-refractivity contribution is 5.88. The molecule has 2 aromatic carbocycles. The summed E-state index contributed by atoms with van der Waals surface area (Å²) in [5.74, 6) is -2.02. The minimum Gasteiger partial charge on any atom is -0.368 e. The molecule has 7 heteroatoms. The quantitative estimate of drug-likeness (QED) is 0.615. The number of amides is 3. The molecule has 0 aromatic heterocycles. The van der Waals surface area contributed by atoms with Gasteiger partial charge in [0.05, 0.1) is 6.04 Å². The molecule has 6 nitrogen and oxygen atoms in total. The summed E-state index contributed by atoms with van der Waals surface area (Å²) in [6.07, 6.45) is -0.187. The second-order valence-electron chi connectivity index (χ2n) is 6.52. The normalized spacial score (nSPS) is 12.6. The van der Waals surface area contributed by atoms with Gasteiger partial charge < -0.3 is 16.4 Å². The number of primary amides is 1. The van der Waals surface area contributed by atoms with Crippen LogP contribution in [0.3, 0.4) is 0 Å². The molecule has 0 bridgehead atoms. The molecule has 4 N–H and O–H groups in total. The van der Waals surface area contributed by atoms with Crippen LogP contribution in [-0.2, 0) is 20.8 Å². The minimum absolute atomic E-state index is 0.0335. The number of hydrogen-bond donors (Lipinski definition) is 3. The van der Waals surface area contributed by atoms with Crippen LogP contribution in [0.5, 0.6) is 0 Å². The van der Waals surface area contributed by atoms with E-state index in [-0.39, 0.29) is 36.8 Å². The third-order valence-electron chi connectivity index (χ3n) is 4.32. The standard InChI is InChI=1S/C21H24FN3O3/c1-14(15-7-3-2-4-8-15)24-19(26)11-12-20(27)25-18(21(23)28)13-16-9-5-6-10-17(16)22/h2-10,14,18H,11-13H2,1H3,(H2,23,28)(H,24,26)(H,25,27)/t14-,18+/m1/s1. The first-order valence-corrected chi connectivity index (χ1v) is 9.03. The molecule has 0 spiro atoms. The van der Waals surface area contributed by atoms with E-state index in [4.69, 9.17) is 5.73 Å². The maximum Gasteiger partial charge on any atom is 0.240 e. The Labute approximate surface area is 163 Å². The lowest BCUT2D eigenvalue weighted by atomic mass is 10.0. The Morgan fingerprint density at radius 3 is 2.11 bits per heavy atom. The molecule has 0 aliphatic heterocycles. The molecule has 28 heavy (non-hydrogen) atoms. The van der Waals surface area contributed by atoms with Crippen molar-refractivity contribution in [1.29, 1.82) is 0 Å². The third kappa shape index (κ3) is 6.50. The highest BCUT2D eigenvalue weighted by atomic mass is 19.1. The molecule has 0 aliphatic rings. The van der Waals surface area contributed by atoms with Gasteiger partial charge in [0.15, 0.2) is 0 Å². The summed E-state index contributed by atoms with van der Waals surface area (Å²) in [7, 11) is 0. The van der Waals surface area contributed by atoms with E-state index in [1.807, 2.05) is 37.3 Å². The van der Waals surface area contributed by atoms with Crippen molar-refractivity contribution in [3.8, 4) is 0 Å². The summed E-state index contributed by atoms with van der Waals surface area (Å²) in [5, 5.41) is 5.29. The van der Waals surface area contributed by atoms with Crippen LogP contribution in [-0.4, -0.2) is 23.8 Å².